The first-order valence-electron chi connectivity index (χ1n) is 29.4. The van der Waals surface area contributed by atoms with Gasteiger partial charge >= 0.3 is 18.0 Å². The van der Waals surface area contributed by atoms with Crippen LogP contribution in [0.25, 0.3) is 10.9 Å². The number of hydrogen-bond donors (Lipinski definition) is 4. The summed E-state index contributed by atoms with van der Waals surface area (Å²) < 4.78 is 24.4. The molecule has 2 bridgehead atoms. The molecule has 3 aromatic rings. The van der Waals surface area contributed by atoms with Crippen LogP contribution in [0.4, 0.5) is 10.5 Å². The van der Waals surface area contributed by atoms with E-state index >= 15 is 4.79 Å². The van der Waals surface area contributed by atoms with Crippen LogP contribution in [0, 0.1) is 11.3 Å². The molecule has 78 heavy (non-hydrogen) atoms. The number of benzene rings is 2. The zero-order valence-electron chi connectivity index (χ0n) is 47.3. The van der Waals surface area contributed by atoms with Gasteiger partial charge in [0.05, 0.1) is 38.7 Å². The van der Waals surface area contributed by atoms with Crippen LogP contribution < -0.4 is 15.0 Å². The topological polar surface area (TPSA) is 183 Å². The van der Waals surface area contributed by atoms with Crippen LogP contribution in [-0.2, 0) is 45.8 Å². The van der Waals surface area contributed by atoms with Crippen molar-refractivity contribution in [3.05, 3.63) is 95.2 Å². The fourth-order valence-corrected chi connectivity index (χ4v) is 15.7. The van der Waals surface area contributed by atoms with Gasteiger partial charge < -0.3 is 44.4 Å². The minimum atomic E-state index is -2.59. The van der Waals surface area contributed by atoms with Gasteiger partial charge in [-0.25, -0.2) is 9.59 Å². The number of para-hydroxylation sites is 1. The van der Waals surface area contributed by atoms with Crippen LogP contribution in [0.5, 0.6) is 5.75 Å². The number of rotatable bonds is 23. The normalized spacial score (nSPS) is 31.0. The highest BCUT2D eigenvalue weighted by atomic mass is 16.6. The molecule has 9 rings (SSSR count). The van der Waals surface area contributed by atoms with Crippen LogP contribution in [0.3, 0.4) is 0 Å². The molecule has 5 aliphatic heterocycles. The van der Waals surface area contributed by atoms with Crippen molar-refractivity contribution in [3.63, 3.8) is 0 Å². The Labute approximate surface area is 462 Å². The number of H-pyrrole nitrogens is 1. The van der Waals surface area contributed by atoms with Gasteiger partial charge in [-0.05, 0) is 113 Å². The summed E-state index contributed by atoms with van der Waals surface area (Å²) in [7, 11) is 4.14. The molecular weight excluding hydrogens is 987 g/mol. The minimum absolute atomic E-state index is 0.169. The number of aliphatic hydroxyl groups is 2. The number of amides is 2. The van der Waals surface area contributed by atoms with Gasteiger partial charge in [-0.15, -0.1) is 0 Å². The molecule has 0 radical (unpaired) electrons. The third kappa shape index (κ3) is 9.90. The molecule has 4 N–H and O–H groups in total. The first-order valence-corrected chi connectivity index (χ1v) is 29.4. The molecule has 1 aliphatic carbocycles. The number of allylic oxidation sites excluding steroid dienone is 4. The zero-order valence-corrected chi connectivity index (χ0v) is 47.3. The monoisotopic (exact) mass is 1070 g/mol. The Morgan fingerprint density at radius 3 is 2.27 bits per heavy atom. The van der Waals surface area contributed by atoms with Gasteiger partial charge in [0.1, 0.15) is 11.2 Å². The number of methoxy groups -OCH3 is 3. The molecule has 15 nitrogen and oxygen atoms in total. The molecular formula is C63H87N5O10. The molecule has 1 saturated carbocycles. The lowest BCUT2D eigenvalue weighted by Crippen LogP contribution is -2.81. The SMILES string of the molecule is CCCCCC=CCC=CCCCCCCCCNC(=O)O[C@@H]1[C@]2(CC)C=CCN3CC[C@@]4(c5cc([C@@]6(C(=O)OC)CC7CN(CCc8c6[nH]c6ccccc86)C[C@](O)(CC)C7)c(OC)cc5N(C=O)[C@H]4[C@@]1(O)C(=O)OC)[C@@H]32. The number of alkyl carbamates (subject to hydrolysis) is 1. The highest BCUT2D eigenvalue weighted by Crippen LogP contribution is 2.68. The van der Waals surface area contributed by atoms with Crippen molar-refractivity contribution >= 4 is 41.0 Å². The number of fused-ring (bicyclic) bond motifs is 6. The Balaban J connectivity index is 1.05. The number of esters is 2. The molecule has 6 aliphatic rings. The van der Waals surface area contributed by atoms with Crippen molar-refractivity contribution in [1.29, 1.82) is 0 Å². The molecule has 2 aromatic carbocycles. The third-order valence-corrected chi connectivity index (χ3v) is 19.1. The zero-order chi connectivity index (χ0) is 55.3. The molecule has 2 unspecified atom stereocenters. The number of piperidine rings is 1. The fourth-order valence-electron chi connectivity index (χ4n) is 15.7. The first-order chi connectivity index (χ1) is 37.8. The summed E-state index contributed by atoms with van der Waals surface area (Å²) in [6.07, 6.45) is 27.2. The van der Waals surface area contributed by atoms with Crippen LogP contribution in [0.15, 0.2) is 72.9 Å². The standard InChI is InChI=1S/C63H87N5O10/c1-7-10-11-12-13-14-15-16-17-18-19-20-21-22-23-26-33-64-58(72)78-55-60(9-3)31-27-34-67-36-32-61(53(60)67)47-37-48(51(75-4)38-50(47)68(43-69)54(61)63(55,74)57(71)77-6)62(56(70)76-5)40-44-39-59(73,8-2)42-66(41-44)35-30-46-45-28-24-25-29-49(45)65-52(46)62/h13-14,16-17,24-25,27-29,31,37-38,43-44,53-55,65,73-74H,7-12,15,18-23,26,30,32-36,39-42H2,1-6H3,(H,64,72)/t44?,53-,54+,55+,59-,60+,61+,62-,63-/m0/s1. The molecule has 424 valence electrons. The number of hydrogen-bond acceptors (Lipinski definition) is 12. The summed E-state index contributed by atoms with van der Waals surface area (Å²) in [5.74, 6) is -1.40. The molecule has 10 atom stereocenters. The predicted octanol–water partition coefficient (Wildman–Crippen LogP) is 9.49. The molecule has 15 heteroatoms. The van der Waals surface area contributed by atoms with E-state index in [-0.39, 0.29) is 12.3 Å². The van der Waals surface area contributed by atoms with E-state index in [1.54, 1.807) is 6.07 Å². The molecule has 1 aromatic heterocycles. The van der Waals surface area contributed by atoms with Crippen molar-refractivity contribution in [1.82, 2.24) is 20.1 Å². The van der Waals surface area contributed by atoms with E-state index in [0.29, 0.717) is 106 Å². The minimum Gasteiger partial charge on any atom is -0.496 e. The van der Waals surface area contributed by atoms with Crippen LogP contribution in [0.1, 0.15) is 152 Å². The van der Waals surface area contributed by atoms with Crippen molar-refractivity contribution < 1.29 is 48.3 Å². The summed E-state index contributed by atoms with van der Waals surface area (Å²) in [5, 5.41) is 29.8. The van der Waals surface area contributed by atoms with Gasteiger partial charge in [0, 0.05) is 77.8 Å². The van der Waals surface area contributed by atoms with E-state index in [4.69, 9.17) is 18.9 Å². The largest absolute Gasteiger partial charge is 0.496 e. The highest BCUT2D eigenvalue weighted by molar-refractivity contribution is 5.96. The smallest absolute Gasteiger partial charge is 0.407 e. The lowest BCUT2D eigenvalue weighted by Gasteiger charge is -2.63. The van der Waals surface area contributed by atoms with E-state index < -0.39 is 63.7 Å². The Bertz CT molecular complexity index is 2740. The Morgan fingerprint density at radius 2 is 1.56 bits per heavy atom. The van der Waals surface area contributed by atoms with Crippen molar-refractivity contribution in [3.8, 4) is 5.75 Å². The van der Waals surface area contributed by atoms with Gasteiger partial charge in [-0.3, -0.25) is 19.4 Å². The number of nitrogens with one attached hydrogen (secondary N) is 2. The van der Waals surface area contributed by atoms with Crippen LogP contribution in [0.2, 0.25) is 0 Å². The fraction of sp³-hybridized carbons (Fsp3) is 0.619. The maximum Gasteiger partial charge on any atom is 0.407 e. The first kappa shape index (κ1) is 57.2. The molecule has 1 spiro atoms. The average Bonchev–Trinajstić information content (AvgIpc) is 4.13. The second kappa shape index (κ2) is 24.1. The molecule has 6 heterocycles. The Morgan fingerprint density at radius 1 is 0.833 bits per heavy atom. The van der Waals surface area contributed by atoms with E-state index in [1.807, 2.05) is 50.3 Å². The second-order valence-corrected chi connectivity index (χ2v) is 23.4. The summed E-state index contributed by atoms with van der Waals surface area (Å²) >= 11 is 0. The number of carbonyl (C=O) groups excluding carboxylic acids is 4. The quantitative estimate of drug-likeness (QED) is 0.0232. The summed E-state index contributed by atoms with van der Waals surface area (Å²) in [4.78, 5) is 68.6. The molecule has 2 saturated heterocycles. The summed E-state index contributed by atoms with van der Waals surface area (Å²) in [6.45, 7) is 9.49. The maximum atomic E-state index is 15.5. The number of anilines is 1. The van der Waals surface area contributed by atoms with Gasteiger partial charge in [-0.2, -0.15) is 0 Å². The Hall–Kier alpha value is -5.48. The average molecular weight is 1070 g/mol. The maximum absolute atomic E-state index is 15.5. The number of carbonyl (C=O) groups is 4. The number of unbranched alkanes of at least 4 members (excludes halogenated alkanes) is 9. The predicted molar refractivity (Wildman–Crippen MR) is 303 cm³/mol. The lowest BCUT2D eigenvalue weighted by molar-refractivity contribution is -0.217. The van der Waals surface area contributed by atoms with Crippen LogP contribution in [-0.4, -0.2) is 139 Å². The van der Waals surface area contributed by atoms with Crippen molar-refractivity contribution in [2.24, 2.45) is 11.3 Å². The van der Waals surface area contributed by atoms with Crippen LogP contribution >= 0.6 is 0 Å². The summed E-state index contributed by atoms with van der Waals surface area (Å²) in [5.41, 5.74) is -3.36. The lowest BCUT2D eigenvalue weighted by atomic mass is 9.47. The third-order valence-electron chi connectivity index (χ3n) is 19.1. The van der Waals surface area contributed by atoms with Gasteiger partial charge in [0.15, 0.2) is 6.10 Å². The molecule has 2 amide bonds. The van der Waals surface area contributed by atoms with Gasteiger partial charge in [0.25, 0.3) is 0 Å². The second-order valence-electron chi connectivity index (χ2n) is 23.4. The highest BCUT2D eigenvalue weighted by Gasteiger charge is 2.81. The van der Waals surface area contributed by atoms with E-state index in [9.17, 15) is 24.6 Å². The van der Waals surface area contributed by atoms with Crippen molar-refractivity contribution in [2.45, 2.75) is 177 Å². The van der Waals surface area contributed by atoms with E-state index in [2.05, 4.69) is 57.4 Å². The number of nitrogens with zero attached hydrogens (tertiary/aromatic N) is 3. The van der Waals surface area contributed by atoms with Crippen molar-refractivity contribution in [2.75, 3.05) is 65.5 Å². The number of aromatic nitrogens is 1. The number of ether oxygens (including phenoxy) is 4. The molecule has 3 fully saturated rings. The van der Waals surface area contributed by atoms with E-state index in [1.165, 1.54) is 45.5 Å². The Kier molecular flexibility index (Phi) is 17.7. The summed E-state index contributed by atoms with van der Waals surface area (Å²) in [6, 6.07) is 9.98. The van der Waals surface area contributed by atoms with Gasteiger partial charge in [-0.1, -0.05) is 114 Å². The van der Waals surface area contributed by atoms with E-state index in [0.717, 1.165) is 74.3 Å². The number of aromatic amines is 1. The van der Waals surface area contributed by atoms with Gasteiger partial charge in [0.2, 0.25) is 12.0 Å².